The van der Waals surface area contributed by atoms with Gasteiger partial charge in [0.2, 0.25) is 5.91 Å². The first-order valence-electron chi connectivity index (χ1n) is 8.83. The second-order valence-corrected chi connectivity index (χ2v) is 8.33. The summed E-state index contributed by atoms with van der Waals surface area (Å²) in [5.41, 5.74) is 1.64. The Hall–Kier alpha value is -3.11. The van der Waals surface area contributed by atoms with Gasteiger partial charge in [-0.1, -0.05) is 50.7 Å². The smallest absolute Gasteiger partial charge is 0.244 e. The summed E-state index contributed by atoms with van der Waals surface area (Å²) in [5, 5.41) is 19.6. The molecule has 1 N–H and O–H groups in total. The zero-order valence-corrected chi connectivity index (χ0v) is 16.8. The van der Waals surface area contributed by atoms with Gasteiger partial charge in [-0.25, -0.2) is 0 Å². The molecule has 0 aliphatic heterocycles. The van der Waals surface area contributed by atoms with E-state index in [2.05, 4.69) is 36.3 Å². The maximum atomic E-state index is 11.7. The normalized spacial score (nSPS) is 11.6. The molecule has 0 spiro atoms. The number of benzene rings is 1. The number of hydrogen-bond acceptors (Lipinski definition) is 5. The molecule has 28 heavy (non-hydrogen) atoms. The van der Waals surface area contributed by atoms with Crippen molar-refractivity contribution in [3.63, 3.8) is 0 Å². The second-order valence-electron chi connectivity index (χ2n) is 7.22. The number of aromatic nitrogens is 3. The number of fused-ring (bicyclic) bond motifs is 1. The molecule has 142 valence electrons. The van der Waals surface area contributed by atoms with Crippen LogP contribution in [0.15, 0.2) is 58.5 Å². The van der Waals surface area contributed by atoms with Crippen LogP contribution in [0.5, 0.6) is 0 Å². The zero-order chi connectivity index (χ0) is 20.1. The number of hydrogen-bond donors (Lipinski definition) is 1. The van der Waals surface area contributed by atoms with Gasteiger partial charge in [-0.15, -0.1) is 10.2 Å². The maximum absolute atomic E-state index is 11.7. The molecule has 2 heterocycles. The van der Waals surface area contributed by atoms with Crippen LogP contribution in [-0.4, -0.2) is 27.0 Å². The first-order chi connectivity index (χ1) is 13.4. The molecule has 0 radical (unpaired) electrons. The minimum atomic E-state index is -0.290. The van der Waals surface area contributed by atoms with E-state index < -0.39 is 0 Å². The Labute approximate surface area is 168 Å². The SMILES string of the molecule is CC(C)(C)c1nnc2ccc(Sc3ccccc3C=CC(=O)NCC#N)cn12. The number of nitriles is 1. The zero-order valence-electron chi connectivity index (χ0n) is 16.0. The monoisotopic (exact) mass is 391 g/mol. The Morgan fingerprint density at radius 3 is 2.79 bits per heavy atom. The Balaban J connectivity index is 1.87. The third-order valence-electron chi connectivity index (χ3n) is 3.95. The molecule has 1 aromatic carbocycles. The fraction of sp³-hybridized carbons (Fsp3) is 0.238. The van der Waals surface area contributed by atoms with E-state index in [1.807, 2.05) is 53.1 Å². The van der Waals surface area contributed by atoms with Gasteiger partial charge in [0, 0.05) is 27.5 Å². The highest BCUT2D eigenvalue weighted by Crippen LogP contribution is 2.32. The maximum Gasteiger partial charge on any atom is 0.244 e. The molecule has 0 aliphatic carbocycles. The van der Waals surface area contributed by atoms with Crippen LogP contribution in [0, 0.1) is 11.3 Å². The van der Waals surface area contributed by atoms with Crippen LogP contribution in [0.25, 0.3) is 11.7 Å². The molecular weight excluding hydrogens is 370 g/mol. The van der Waals surface area contributed by atoms with E-state index in [0.717, 1.165) is 26.8 Å². The van der Waals surface area contributed by atoms with Crippen molar-refractivity contribution in [3.05, 3.63) is 60.1 Å². The van der Waals surface area contributed by atoms with Crippen molar-refractivity contribution in [3.8, 4) is 6.07 Å². The van der Waals surface area contributed by atoms with Crippen LogP contribution < -0.4 is 5.32 Å². The average Bonchev–Trinajstić information content (AvgIpc) is 3.09. The average molecular weight is 392 g/mol. The molecule has 0 fully saturated rings. The van der Waals surface area contributed by atoms with Crippen molar-refractivity contribution in [1.82, 2.24) is 19.9 Å². The number of amides is 1. The van der Waals surface area contributed by atoms with Crippen molar-refractivity contribution in [1.29, 1.82) is 5.26 Å². The lowest BCUT2D eigenvalue weighted by Gasteiger charge is -2.16. The molecule has 7 heteroatoms. The predicted molar refractivity (Wildman–Crippen MR) is 110 cm³/mol. The summed E-state index contributed by atoms with van der Waals surface area (Å²) in [6, 6.07) is 13.7. The van der Waals surface area contributed by atoms with E-state index in [4.69, 9.17) is 5.26 Å². The van der Waals surface area contributed by atoms with Crippen LogP contribution in [0.1, 0.15) is 32.2 Å². The molecule has 0 aliphatic rings. The number of pyridine rings is 1. The Morgan fingerprint density at radius 2 is 2.04 bits per heavy atom. The minimum absolute atomic E-state index is 0.00532. The van der Waals surface area contributed by atoms with Crippen molar-refractivity contribution in [2.75, 3.05) is 6.54 Å². The van der Waals surface area contributed by atoms with E-state index in [1.165, 1.54) is 6.08 Å². The molecule has 6 nitrogen and oxygen atoms in total. The Kier molecular flexibility index (Phi) is 5.81. The van der Waals surface area contributed by atoms with E-state index in [0.29, 0.717) is 0 Å². The van der Waals surface area contributed by atoms with Crippen LogP contribution in [0.2, 0.25) is 0 Å². The molecule has 3 rings (SSSR count). The van der Waals surface area contributed by atoms with Gasteiger partial charge in [0.25, 0.3) is 0 Å². The quantitative estimate of drug-likeness (QED) is 0.528. The fourth-order valence-corrected chi connectivity index (χ4v) is 3.58. The van der Waals surface area contributed by atoms with E-state index in [1.54, 1.807) is 17.8 Å². The van der Waals surface area contributed by atoms with E-state index in [-0.39, 0.29) is 17.9 Å². The van der Waals surface area contributed by atoms with Crippen LogP contribution in [0.4, 0.5) is 0 Å². The van der Waals surface area contributed by atoms with Gasteiger partial charge in [0.15, 0.2) is 5.65 Å². The van der Waals surface area contributed by atoms with Gasteiger partial charge >= 0.3 is 0 Å². The van der Waals surface area contributed by atoms with Gasteiger partial charge < -0.3 is 5.32 Å². The number of carbonyl (C=O) groups excluding carboxylic acids is 1. The number of nitrogens with zero attached hydrogens (tertiary/aromatic N) is 4. The number of rotatable bonds is 5. The highest BCUT2D eigenvalue weighted by molar-refractivity contribution is 7.99. The summed E-state index contributed by atoms with van der Waals surface area (Å²) < 4.78 is 2.02. The van der Waals surface area contributed by atoms with E-state index >= 15 is 0 Å². The fourth-order valence-electron chi connectivity index (χ4n) is 2.63. The topological polar surface area (TPSA) is 83.1 Å². The lowest BCUT2D eigenvalue weighted by molar-refractivity contribution is -0.116. The summed E-state index contributed by atoms with van der Waals surface area (Å²) in [7, 11) is 0. The highest BCUT2D eigenvalue weighted by atomic mass is 32.2. The molecule has 0 saturated heterocycles. The van der Waals surface area contributed by atoms with Gasteiger partial charge in [-0.05, 0) is 29.8 Å². The van der Waals surface area contributed by atoms with Crippen molar-refractivity contribution in [2.24, 2.45) is 0 Å². The molecule has 0 bridgehead atoms. The lowest BCUT2D eigenvalue weighted by atomic mass is 9.96. The van der Waals surface area contributed by atoms with Crippen molar-refractivity contribution < 1.29 is 4.79 Å². The summed E-state index contributed by atoms with van der Waals surface area (Å²) in [6.45, 7) is 6.33. The summed E-state index contributed by atoms with van der Waals surface area (Å²) in [6.07, 6.45) is 5.24. The molecule has 0 unspecified atom stereocenters. The third kappa shape index (κ3) is 4.59. The Bertz CT molecular complexity index is 1070. The van der Waals surface area contributed by atoms with Crippen molar-refractivity contribution >= 4 is 29.4 Å². The van der Waals surface area contributed by atoms with Crippen LogP contribution in [0.3, 0.4) is 0 Å². The third-order valence-corrected chi connectivity index (χ3v) is 5.02. The van der Waals surface area contributed by atoms with Crippen molar-refractivity contribution in [2.45, 2.75) is 36.0 Å². The highest BCUT2D eigenvalue weighted by Gasteiger charge is 2.21. The first kappa shape index (κ1) is 19.6. The van der Waals surface area contributed by atoms with Gasteiger partial charge in [0.05, 0.1) is 6.07 Å². The predicted octanol–water partition coefficient (Wildman–Crippen LogP) is 3.83. The largest absolute Gasteiger partial charge is 0.339 e. The molecule has 0 atom stereocenters. The Morgan fingerprint density at radius 1 is 1.25 bits per heavy atom. The standard InChI is InChI=1S/C21H21N5OS/c1-21(2,3)20-25-24-18-10-9-16(14-26(18)20)28-17-7-5-4-6-15(17)8-11-19(27)23-13-12-22/h4-11,14H,13H2,1-3H3,(H,23,27). The molecule has 3 aromatic rings. The minimum Gasteiger partial charge on any atom is -0.339 e. The first-order valence-corrected chi connectivity index (χ1v) is 9.65. The van der Waals surface area contributed by atoms with E-state index in [9.17, 15) is 4.79 Å². The summed E-state index contributed by atoms with van der Waals surface area (Å²) >= 11 is 1.61. The summed E-state index contributed by atoms with van der Waals surface area (Å²) in [5.74, 6) is 0.620. The van der Waals surface area contributed by atoms with Gasteiger partial charge in [0.1, 0.15) is 12.4 Å². The second kappa shape index (κ2) is 8.28. The molecular formula is C21H21N5OS. The molecule has 2 aromatic heterocycles. The number of carbonyl (C=O) groups is 1. The molecule has 1 amide bonds. The lowest BCUT2D eigenvalue weighted by Crippen LogP contribution is -2.20. The van der Waals surface area contributed by atoms with Gasteiger partial charge in [-0.2, -0.15) is 5.26 Å². The van der Waals surface area contributed by atoms with Crippen LogP contribution in [-0.2, 0) is 10.2 Å². The molecule has 0 saturated carbocycles. The van der Waals surface area contributed by atoms with Gasteiger partial charge in [-0.3, -0.25) is 9.20 Å². The van der Waals surface area contributed by atoms with Crippen LogP contribution >= 0.6 is 11.8 Å². The number of nitrogens with one attached hydrogen (secondary N) is 1. The summed E-state index contributed by atoms with van der Waals surface area (Å²) in [4.78, 5) is 13.8.